The summed E-state index contributed by atoms with van der Waals surface area (Å²) >= 11 is 0. The van der Waals surface area contributed by atoms with Crippen molar-refractivity contribution in [2.45, 2.75) is 26.2 Å². The van der Waals surface area contributed by atoms with Crippen molar-refractivity contribution in [1.82, 2.24) is 25.3 Å². The number of hydrogen-bond donors (Lipinski definition) is 2. The molecule has 1 fully saturated rings. The van der Waals surface area contributed by atoms with Gasteiger partial charge in [-0.05, 0) is 56.6 Å². The number of amides is 1. The second kappa shape index (κ2) is 9.33. The highest BCUT2D eigenvalue weighted by Gasteiger charge is 2.18. The van der Waals surface area contributed by atoms with E-state index in [1.807, 2.05) is 23.2 Å². The monoisotopic (exact) mass is 441 g/mol. The number of carbonyl (C=O) groups excluding carboxylic acids is 1. The van der Waals surface area contributed by atoms with Gasteiger partial charge in [-0.3, -0.25) is 10.2 Å². The Hall–Kier alpha value is -3.22. The van der Waals surface area contributed by atoms with Crippen molar-refractivity contribution in [3.8, 4) is 11.4 Å². The van der Waals surface area contributed by atoms with Gasteiger partial charge in [-0.25, -0.2) is 9.99 Å². The maximum Gasteiger partial charge on any atom is 0.234 e. The molecule has 0 aliphatic carbocycles. The quantitative estimate of drug-likeness (QED) is 0.468. The molecule has 170 valence electrons. The minimum Gasteiger partial charge on any atom is -0.353 e. The molecular weight excluding hydrogens is 410 g/mol. The predicted octanol–water partition coefficient (Wildman–Crippen LogP) is 4.29. The van der Waals surface area contributed by atoms with Gasteiger partial charge in [0.05, 0.1) is 16.9 Å². The van der Waals surface area contributed by atoms with E-state index in [1.165, 1.54) is 16.5 Å². The molecule has 0 spiro atoms. The lowest BCUT2D eigenvalue weighted by molar-refractivity contribution is -0.126. The van der Waals surface area contributed by atoms with Crippen LogP contribution in [0.5, 0.6) is 0 Å². The van der Waals surface area contributed by atoms with E-state index in [0.717, 1.165) is 66.8 Å². The average molecular weight is 442 g/mol. The van der Waals surface area contributed by atoms with Crippen LogP contribution in [0.3, 0.4) is 0 Å². The van der Waals surface area contributed by atoms with Crippen LogP contribution in [0.15, 0.2) is 54.6 Å². The molecule has 0 bridgehead atoms. The number of aryl methyl sites for hydroxylation is 2. The van der Waals surface area contributed by atoms with Crippen LogP contribution in [0.4, 0.5) is 0 Å². The molecule has 5 rings (SSSR count). The lowest BCUT2D eigenvalue weighted by atomic mass is 10.0. The zero-order valence-electron chi connectivity index (χ0n) is 19.4. The third-order valence-corrected chi connectivity index (χ3v) is 6.53. The van der Waals surface area contributed by atoms with Crippen LogP contribution >= 0.6 is 0 Å². The lowest BCUT2D eigenvalue weighted by Gasteiger charge is -2.32. The van der Waals surface area contributed by atoms with E-state index in [1.54, 1.807) is 0 Å². The molecule has 6 nitrogen and oxygen atoms in total. The molecule has 33 heavy (non-hydrogen) atoms. The van der Waals surface area contributed by atoms with Crippen molar-refractivity contribution < 1.29 is 4.79 Å². The average Bonchev–Trinajstić information content (AvgIpc) is 3.18. The van der Waals surface area contributed by atoms with Crippen LogP contribution in [-0.4, -0.2) is 59.0 Å². The molecule has 3 heterocycles. The van der Waals surface area contributed by atoms with Gasteiger partial charge in [-0.15, -0.1) is 0 Å². The summed E-state index contributed by atoms with van der Waals surface area (Å²) in [6.45, 7) is 5.84. The standard InChI is InChI=1S/C27H31N5O/c1-19-10-12-24-22(18-19)21(7-5-9-26(33)30-32-16-14-31(2)15-17-32)27(29-24)25-13-11-20-6-3-4-8-23(20)28-25/h3-4,6,8,10-13,18,29H,5,7,9,14-17H2,1-2H3,(H,30,33). The second-order valence-electron chi connectivity index (χ2n) is 9.10. The smallest absolute Gasteiger partial charge is 0.234 e. The molecule has 1 saturated heterocycles. The summed E-state index contributed by atoms with van der Waals surface area (Å²) in [7, 11) is 2.12. The van der Waals surface area contributed by atoms with Crippen molar-refractivity contribution >= 4 is 27.7 Å². The number of carbonyl (C=O) groups is 1. The lowest BCUT2D eigenvalue weighted by Crippen LogP contribution is -2.52. The second-order valence-corrected chi connectivity index (χ2v) is 9.10. The zero-order chi connectivity index (χ0) is 22.8. The van der Waals surface area contributed by atoms with Crippen LogP contribution in [0.25, 0.3) is 33.2 Å². The fourth-order valence-corrected chi connectivity index (χ4v) is 4.62. The number of nitrogens with zero attached hydrogens (tertiary/aromatic N) is 3. The highest BCUT2D eigenvalue weighted by molar-refractivity contribution is 5.92. The molecular formula is C27H31N5O. The molecule has 4 aromatic rings. The van der Waals surface area contributed by atoms with Crippen molar-refractivity contribution in [3.63, 3.8) is 0 Å². The van der Waals surface area contributed by atoms with E-state index in [0.29, 0.717) is 6.42 Å². The van der Waals surface area contributed by atoms with Crippen LogP contribution in [0, 0.1) is 6.92 Å². The van der Waals surface area contributed by atoms with Crippen LogP contribution in [0.2, 0.25) is 0 Å². The number of H-pyrrole nitrogens is 1. The SMILES string of the molecule is Cc1ccc2[nH]c(-c3ccc4ccccc4n3)c(CCCC(=O)NN3CCN(C)CC3)c2c1. The first-order valence-electron chi connectivity index (χ1n) is 11.8. The number of aromatic amines is 1. The minimum absolute atomic E-state index is 0.0981. The van der Waals surface area contributed by atoms with E-state index in [4.69, 9.17) is 4.98 Å². The van der Waals surface area contributed by atoms with Crippen LogP contribution < -0.4 is 5.43 Å². The number of rotatable bonds is 6. The van der Waals surface area contributed by atoms with Crippen molar-refractivity contribution in [3.05, 3.63) is 65.7 Å². The molecule has 6 heteroatoms. The minimum atomic E-state index is 0.0981. The van der Waals surface area contributed by atoms with Gasteiger partial charge in [-0.1, -0.05) is 35.9 Å². The number of piperazine rings is 1. The summed E-state index contributed by atoms with van der Waals surface area (Å²) in [5.74, 6) is 0.0981. The maximum absolute atomic E-state index is 12.6. The maximum atomic E-state index is 12.6. The van der Waals surface area contributed by atoms with E-state index < -0.39 is 0 Å². The molecule has 1 aliphatic rings. The Labute approximate surface area is 194 Å². The number of likely N-dealkylation sites (N-methyl/N-ethyl adjacent to an activating group) is 1. The van der Waals surface area contributed by atoms with Gasteiger partial charge in [-0.2, -0.15) is 0 Å². The summed E-state index contributed by atoms with van der Waals surface area (Å²) < 4.78 is 0. The number of hydrogen-bond acceptors (Lipinski definition) is 4. The number of pyridine rings is 1. The van der Waals surface area contributed by atoms with Crippen molar-refractivity contribution in [2.75, 3.05) is 33.2 Å². The highest BCUT2D eigenvalue weighted by Crippen LogP contribution is 2.32. The number of nitrogens with one attached hydrogen (secondary N) is 2. The fourth-order valence-electron chi connectivity index (χ4n) is 4.62. The molecule has 0 radical (unpaired) electrons. The molecule has 1 aliphatic heterocycles. The van der Waals surface area contributed by atoms with Gasteiger partial charge in [0.25, 0.3) is 0 Å². The van der Waals surface area contributed by atoms with Gasteiger partial charge in [0.1, 0.15) is 0 Å². The summed E-state index contributed by atoms with van der Waals surface area (Å²) in [6.07, 6.45) is 2.12. The van der Waals surface area contributed by atoms with Gasteiger partial charge < -0.3 is 9.88 Å². The summed E-state index contributed by atoms with van der Waals surface area (Å²) in [5.41, 5.74) is 9.65. The summed E-state index contributed by atoms with van der Waals surface area (Å²) in [4.78, 5) is 23.4. The van der Waals surface area contributed by atoms with Gasteiger partial charge in [0.2, 0.25) is 5.91 Å². The number of fused-ring (bicyclic) bond motifs is 2. The number of aromatic nitrogens is 2. The summed E-state index contributed by atoms with van der Waals surface area (Å²) in [6, 6.07) is 18.9. The molecule has 1 amide bonds. The third-order valence-electron chi connectivity index (χ3n) is 6.53. The van der Waals surface area contributed by atoms with Gasteiger partial charge in [0, 0.05) is 48.9 Å². The Morgan fingerprint density at radius 3 is 2.73 bits per heavy atom. The Morgan fingerprint density at radius 1 is 1.06 bits per heavy atom. The molecule has 0 atom stereocenters. The largest absolute Gasteiger partial charge is 0.353 e. The normalized spacial score (nSPS) is 15.3. The molecule has 2 aromatic carbocycles. The van der Waals surface area contributed by atoms with Gasteiger partial charge >= 0.3 is 0 Å². The summed E-state index contributed by atoms with van der Waals surface area (Å²) in [5, 5.41) is 4.40. The predicted molar refractivity (Wildman–Crippen MR) is 134 cm³/mol. The molecule has 0 unspecified atom stereocenters. The van der Waals surface area contributed by atoms with E-state index >= 15 is 0 Å². The first-order chi connectivity index (χ1) is 16.1. The topological polar surface area (TPSA) is 64.3 Å². The Bertz CT molecular complexity index is 1290. The fraction of sp³-hybridized carbons (Fsp3) is 0.333. The Morgan fingerprint density at radius 2 is 1.88 bits per heavy atom. The van der Waals surface area contributed by atoms with Crippen molar-refractivity contribution in [2.24, 2.45) is 0 Å². The van der Waals surface area contributed by atoms with Crippen LogP contribution in [-0.2, 0) is 11.2 Å². The first kappa shape index (κ1) is 21.6. The molecule has 0 saturated carbocycles. The molecule has 2 N–H and O–H groups in total. The number of benzene rings is 2. The third kappa shape index (κ3) is 4.77. The van der Waals surface area contributed by atoms with Gasteiger partial charge in [0.15, 0.2) is 0 Å². The van der Waals surface area contributed by atoms with E-state index in [9.17, 15) is 4.79 Å². The number of para-hydroxylation sites is 1. The van der Waals surface area contributed by atoms with E-state index in [-0.39, 0.29) is 5.91 Å². The number of hydrazine groups is 1. The van der Waals surface area contributed by atoms with E-state index in [2.05, 4.69) is 65.7 Å². The van der Waals surface area contributed by atoms with Crippen molar-refractivity contribution in [1.29, 1.82) is 0 Å². The first-order valence-corrected chi connectivity index (χ1v) is 11.8. The zero-order valence-corrected chi connectivity index (χ0v) is 19.4. The Kier molecular flexibility index (Phi) is 6.11. The molecule has 2 aromatic heterocycles. The Balaban J connectivity index is 1.36. The van der Waals surface area contributed by atoms with Crippen LogP contribution in [0.1, 0.15) is 24.0 Å². The highest BCUT2D eigenvalue weighted by atomic mass is 16.2.